The van der Waals surface area contributed by atoms with Crippen molar-refractivity contribution in [3.63, 3.8) is 0 Å². The molecule has 17 heavy (non-hydrogen) atoms. The number of rotatable bonds is 5. The van der Waals surface area contributed by atoms with Crippen LogP contribution < -0.4 is 4.90 Å². The van der Waals surface area contributed by atoms with Gasteiger partial charge in [-0.15, -0.1) is 0 Å². The van der Waals surface area contributed by atoms with Crippen molar-refractivity contribution in [2.75, 3.05) is 18.6 Å². The molecule has 0 saturated carbocycles. The lowest BCUT2D eigenvalue weighted by atomic mass is 10.3. The van der Waals surface area contributed by atoms with Gasteiger partial charge >= 0.3 is 5.97 Å². The van der Waals surface area contributed by atoms with Gasteiger partial charge in [-0.2, -0.15) is 0 Å². The molecule has 1 aromatic carbocycles. The summed E-state index contributed by atoms with van der Waals surface area (Å²) >= 11 is 0. The second-order valence-electron chi connectivity index (χ2n) is 3.44. The number of ether oxygens (including phenoxy) is 1. The van der Waals surface area contributed by atoms with E-state index in [1.54, 1.807) is 19.2 Å². The number of esters is 1. The van der Waals surface area contributed by atoms with E-state index < -0.39 is 5.97 Å². The van der Waals surface area contributed by atoms with Crippen LogP contribution in [0.5, 0.6) is 0 Å². The maximum Gasteiger partial charge on any atom is 0.315 e. The number of hydrogen-bond acceptors (Lipinski definition) is 3. The Morgan fingerprint density at radius 3 is 2.59 bits per heavy atom. The molecule has 0 aromatic heterocycles. The van der Waals surface area contributed by atoms with Gasteiger partial charge in [0.25, 0.3) is 0 Å². The standard InChI is InChI=1S/C13H15NO3/c1-3-9-17-13(16)10-12(15)14(2)11-7-5-4-6-8-11/h3-8H,1,9-10H2,2H3. The molecular weight excluding hydrogens is 218 g/mol. The Morgan fingerprint density at radius 1 is 1.35 bits per heavy atom. The van der Waals surface area contributed by atoms with Crippen LogP contribution in [0.4, 0.5) is 5.69 Å². The summed E-state index contributed by atoms with van der Waals surface area (Å²) in [6.45, 7) is 3.55. The molecule has 4 nitrogen and oxygen atoms in total. The number of hydrogen-bond donors (Lipinski definition) is 0. The van der Waals surface area contributed by atoms with Crippen molar-refractivity contribution in [1.82, 2.24) is 0 Å². The minimum absolute atomic E-state index is 0.126. The normalized spacial score (nSPS) is 9.47. The van der Waals surface area contributed by atoms with Crippen LogP contribution in [-0.4, -0.2) is 25.5 Å². The van der Waals surface area contributed by atoms with Crippen LogP contribution in [0.25, 0.3) is 0 Å². The first-order valence-electron chi connectivity index (χ1n) is 5.23. The molecule has 0 fully saturated rings. The van der Waals surface area contributed by atoms with Gasteiger partial charge in [0.05, 0.1) is 0 Å². The SMILES string of the molecule is C=CCOC(=O)CC(=O)N(C)c1ccccc1. The lowest BCUT2D eigenvalue weighted by Gasteiger charge is -2.16. The molecule has 1 rings (SSSR count). The highest BCUT2D eigenvalue weighted by Gasteiger charge is 2.15. The van der Waals surface area contributed by atoms with Gasteiger partial charge in [-0.05, 0) is 12.1 Å². The molecule has 0 aliphatic carbocycles. The van der Waals surface area contributed by atoms with Crippen LogP contribution in [0.2, 0.25) is 0 Å². The quantitative estimate of drug-likeness (QED) is 0.442. The van der Waals surface area contributed by atoms with Crippen molar-refractivity contribution in [2.24, 2.45) is 0 Å². The maximum atomic E-state index is 11.7. The van der Waals surface area contributed by atoms with Gasteiger partial charge in [0, 0.05) is 12.7 Å². The third kappa shape index (κ3) is 4.10. The highest BCUT2D eigenvalue weighted by atomic mass is 16.5. The van der Waals surface area contributed by atoms with Crippen molar-refractivity contribution in [3.8, 4) is 0 Å². The largest absolute Gasteiger partial charge is 0.461 e. The molecule has 0 heterocycles. The van der Waals surface area contributed by atoms with Gasteiger partial charge in [0.15, 0.2) is 0 Å². The highest BCUT2D eigenvalue weighted by Crippen LogP contribution is 2.12. The molecule has 0 aliphatic rings. The lowest BCUT2D eigenvalue weighted by molar-refractivity contribution is -0.144. The minimum atomic E-state index is -0.544. The van der Waals surface area contributed by atoms with Crippen LogP contribution in [0, 0.1) is 0 Å². The zero-order valence-electron chi connectivity index (χ0n) is 9.76. The average molecular weight is 233 g/mol. The summed E-state index contributed by atoms with van der Waals surface area (Å²) in [6, 6.07) is 9.12. The van der Waals surface area contributed by atoms with E-state index in [9.17, 15) is 9.59 Å². The van der Waals surface area contributed by atoms with Crippen LogP contribution in [0.1, 0.15) is 6.42 Å². The monoisotopic (exact) mass is 233 g/mol. The summed E-state index contributed by atoms with van der Waals surface area (Å²) in [6.07, 6.45) is 1.20. The van der Waals surface area contributed by atoms with E-state index in [0.717, 1.165) is 5.69 Å². The Morgan fingerprint density at radius 2 is 2.00 bits per heavy atom. The molecule has 4 heteroatoms. The second kappa shape index (κ2) is 6.48. The number of carbonyl (C=O) groups excluding carboxylic acids is 2. The number of carbonyl (C=O) groups is 2. The molecule has 0 N–H and O–H groups in total. The first-order chi connectivity index (χ1) is 8.15. The molecule has 1 amide bonds. The van der Waals surface area contributed by atoms with Crippen molar-refractivity contribution in [3.05, 3.63) is 43.0 Å². The van der Waals surface area contributed by atoms with Gasteiger partial charge in [0.1, 0.15) is 13.0 Å². The van der Waals surface area contributed by atoms with E-state index in [0.29, 0.717) is 0 Å². The van der Waals surface area contributed by atoms with E-state index in [-0.39, 0.29) is 18.9 Å². The molecule has 0 atom stereocenters. The number of amides is 1. The Hall–Kier alpha value is -2.10. The predicted molar refractivity (Wildman–Crippen MR) is 65.6 cm³/mol. The molecule has 1 aromatic rings. The number of nitrogens with zero attached hydrogens (tertiary/aromatic N) is 1. The first-order valence-corrected chi connectivity index (χ1v) is 5.23. The number of benzene rings is 1. The van der Waals surface area contributed by atoms with E-state index in [1.807, 2.05) is 18.2 Å². The Bertz CT molecular complexity index is 400. The molecule has 0 bridgehead atoms. The molecule has 0 spiro atoms. The fourth-order valence-corrected chi connectivity index (χ4v) is 1.24. The van der Waals surface area contributed by atoms with Crippen LogP contribution in [0.15, 0.2) is 43.0 Å². The number of para-hydroxylation sites is 1. The minimum Gasteiger partial charge on any atom is -0.461 e. The van der Waals surface area contributed by atoms with E-state index in [4.69, 9.17) is 4.74 Å². The van der Waals surface area contributed by atoms with Crippen LogP contribution in [-0.2, 0) is 14.3 Å². The van der Waals surface area contributed by atoms with Crippen molar-refractivity contribution in [1.29, 1.82) is 0 Å². The Labute approximate surface area is 100 Å². The van der Waals surface area contributed by atoms with Gasteiger partial charge in [-0.25, -0.2) is 0 Å². The third-order valence-corrected chi connectivity index (χ3v) is 2.18. The Kier molecular flexibility index (Phi) is 4.94. The van der Waals surface area contributed by atoms with Crippen LogP contribution in [0.3, 0.4) is 0 Å². The average Bonchev–Trinajstić information content (AvgIpc) is 2.36. The maximum absolute atomic E-state index is 11.7. The Balaban J connectivity index is 2.53. The van der Waals surface area contributed by atoms with Crippen molar-refractivity contribution in [2.45, 2.75) is 6.42 Å². The zero-order valence-corrected chi connectivity index (χ0v) is 9.76. The third-order valence-electron chi connectivity index (χ3n) is 2.18. The molecular formula is C13H15NO3. The molecule has 0 unspecified atom stereocenters. The summed E-state index contributed by atoms with van der Waals surface area (Å²) < 4.78 is 4.74. The van der Waals surface area contributed by atoms with Gasteiger partial charge < -0.3 is 9.64 Å². The van der Waals surface area contributed by atoms with Gasteiger partial charge in [0.2, 0.25) is 5.91 Å². The highest BCUT2D eigenvalue weighted by molar-refractivity contribution is 6.03. The van der Waals surface area contributed by atoms with Crippen molar-refractivity contribution < 1.29 is 14.3 Å². The lowest BCUT2D eigenvalue weighted by Crippen LogP contribution is -2.28. The topological polar surface area (TPSA) is 46.6 Å². The fourth-order valence-electron chi connectivity index (χ4n) is 1.24. The second-order valence-corrected chi connectivity index (χ2v) is 3.44. The molecule has 0 aliphatic heterocycles. The smallest absolute Gasteiger partial charge is 0.315 e. The summed E-state index contributed by atoms with van der Waals surface area (Å²) in [4.78, 5) is 24.4. The van der Waals surface area contributed by atoms with E-state index in [2.05, 4.69) is 6.58 Å². The van der Waals surface area contributed by atoms with Crippen molar-refractivity contribution >= 4 is 17.6 Å². The molecule has 90 valence electrons. The summed E-state index contributed by atoms with van der Waals surface area (Å²) in [5.41, 5.74) is 0.744. The summed E-state index contributed by atoms with van der Waals surface area (Å²) in [5.74, 6) is -0.844. The molecule has 0 radical (unpaired) electrons. The van der Waals surface area contributed by atoms with E-state index in [1.165, 1.54) is 11.0 Å². The molecule has 0 saturated heterocycles. The van der Waals surface area contributed by atoms with Gasteiger partial charge in [-0.1, -0.05) is 30.9 Å². The first kappa shape index (κ1) is 13.0. The zero-order chi connectivity index (χ0) is 12.7. The van der Waals surface area contributed by atoms with Gasteiger partial charge in [-0.3, -0.25) is 9.59 Å². The predicted octanol–water partition coefficient (Wildman–Crippen LogP) is 1.77. The van der Waals surface area contributed by atoms with E-state index >= 15 is 0 Å². The summed E-state index contributed by atoms with van der Waals surface area (Å²) in [5, 5.41) is 0. The fraction of sp³-hybridized carbons (Fsp3) is 0.231. The summed E-state index contributed by atoms with van der Waals surface area (Å²) in [7, 11) is 1.62. The van der Waals surface area contributed by atoms with Crippen LogP contribution >= 0.6 is 0 Å². The number of anilines is 1.